The van der Waals surface area contributed by atoms with E-state index in [2.05, 4.69) is 26.0 Å². The molecule has 0 saturated heterocycles. The Kier molecular flexibility index (Phi) is 10.2. The standard InChI is InChI=1S/C21H36O2/c1-4-6-8-9-13-16-20(21(3,22)17-7-5-2)23-18-19-14-11-10-12-15-19/h10-12,14-15,20,22H,4-9,13,16-18H2,1-3H3/t20-,21-/m1/s1. The van der Waals surface area contributed by atoms with E-state index in [1.807, 2.05) is 25.1 Å². The zero-order chi connectivity index (χ0) is 17.0. The highest BCUT2D eigenvalue weighted by atomic mass is 16.5. The molecule has 2 heteroatoms. The van der Waals surface area contributed by atoms with Gasteiger partial charge in [-0.15, -0.1) is 0 Å². The van der Waals surface area contributed by atoms with Crippen LogP contribution in [-0.4, -0.2) is 16.8 Å². The normalized spacial score (nSPS) is 15.3. The smallest absolute Gasteiger partial charge is 0.0880 e. The number of unbranched alkanes of at least 4 members (excludes halogenated alkanes) is 5. The van der Waals surface area contributed by atoms with Gasteiger partial charge in [0, 0.05) is 0 Å². The molecule has 0 aromatic heterocycles. The molecule has 0 aliphatic carbocycles. The van der Waals surface area contributed by atoms with Crippen LogP contribution in [0.5, 0.6) is 0 Å². The maximum atomic E-state index is 10.9. The second kappa shape index (κ2) is 11.6. The summed E-state index contributed by atoms with van der Waals surface area (Å²) in [6, 6.07) is 10.3. The van der Waals surface area contributed by atoms with Crippen molar-refractivity contribution in [3.05, 3.63) is 35.9 Å². The van der Waals surface area contributed by atoms with Crippen molar-refractivity contribution >= 4 is 0 Å². The summed E-state index contributed by atoms with van der Waals surface area (Å²) < 4.78 is 6.15. The lowest BCUT2D eigenvalue weighted by Gasteiger charge is -2.33. The second-order valence-electron chi connectivity index (χ2n) is 6.95. The third-order valence-corrected chi connectivity index (χ3v) is 4.59. The fraction of sp³-hybridized carbons (Fsp3) is 0.714. The van der Waals surface area contributed by atoms with Crippen molar-refractivity contribution in [2.75, 3.05) is 0 Å². The minimum Gasteiger partial charge on any atom is -0.387 e. The summed E-state index contributed by atoms with van der Waals surface area (Å²) in [5, 5.41) is 10.9. The molecule has 1 aromatic rings. The van der Waals surface area contributed by atoms with E-state index >= 15 is 0 Å². The molecule has 0 spiro atoms. The van der Waals surface area contributed by atoms with E-state index in [0.717, 1.165) is 32.1 Å². The van der Waals surface area contributed by atoms with Gasteiger partial charge in [-0.25, -0.2) is 0 Å². The van der Waals surface area contributed by atoms with Crippen LogP contribution < -0.4 is 0 Å². The van der Waals surface area contributed by atoms with Crippen molar-refractivity contribution in [2.24, 2.45) is 0 Å². The summed E-state index contributed by atoms with van der Waals surface area (Å²) in [5.74, 6) is 0. The first-order chi connectivity index (χ1) is 11.1. The van der Waals surface area contributed by atoms with E-state index in [-0.39, 0.29) is 6.10 Å². The van der Waals surface area contributed by atoms with E-state index in [1.165, 1.54) is 31.2 Å². The van der Waals surface area contributed by atoms with Crippen molar-refractivity contribution in [1.82, 2.24) is 0 Å². The van der Waals surface area contributed by atoms with Crippen LogP contribution in [-0.2, 0) is 11.3 Å². The zero-order valence-electron chi connectivity index (χ0n) is 15.4. The molecule has 0 aliphatic rings. The fourth-order valence-corrected chi connectivity index (χ4v) is 2.97. The predicted octanol–water partition coefficient (Wildman–Crippen LogP) is 5.87. The predicted molar refractivity (Wildman–Crippen MR) is 98.5 cm³/mol. The van der Waals surface area contributed by atoms with Crippen LogP contribution in [0.3, 0.4) is 0 Å². The average Bonchev–Trinajstić information content (AvgIpc) is 2.56. The topological polar surface area (TPSA) is 29.5 Å². The first-order valence-corrected chi connectivity index (χ1v) is 9.48. The maximum absolute atomic E-state index is 10.9. The Labute approximate surface area is 143 Å². The lowest BCUT2D eigenvalue weighted by atomic mass is 9.89. The highest BCUT2D eigenvalue weighted by Gasteiger charge is 2.31. The number of ether oxygens (including phenoxy) is 1. The highest BCUT2D eigenvalue weighted by Crippen LogP contribution is 2.26. The molecule has 23 heavy (non-hydrogen) atoms. The SMILES string of the molecule is CCCCCCC[C@@H](OCc1ccccc1)[C@](C)(O)CCCC. The van der Waals surface area contributed by atoms with Crippen LogP contribution in [0.25, 0.3) is 0 Å². The van der Waals surface area contributed by atoms with Gasteiger partial charge >= 0.3 is 0 Å². The van der Waals surface area contributed by atoms with E-state index < -0.39 is 5.60 Å². The van der Waals surface area contributed by atoms with Crippen LogP contribution in [0.2, 0.25) is 0 Å². The quantitative estimate of drug-likeness (QED) is 0.460. The molecular formula is C21H36O2. The van der Waals surface area contributed by atoms with Crippen molar-refractivity contribution < 1.29 is 9.84 Å². The van der Waals surface area contributed by atoms with Crippen LogP contribution in [0.15, 0.2) is 30.3 Å². The van der Waals surface area contributed by atoms with Crippen LogP contribution >= 0.6 is 0 Å². The molecule has 0 amide bonds. The molecule has 2 atom stereocenters. The zero-order valence-corrected chi connectivity index (χ0v) is 15.4. The molecule has 0 unspecified atom stereocenters. The number of hydrogen-bond donors (Lipinski definition) is 1. The van der Waals surface area contributed by atoms with Gasteiger partial charge in [0.2, 0.25) is 0 Å². The molecule has 0 saturated carbocycles. The molecule has 2 nitrogen and oxygen atoms in total. The fourth-order valence-electron chi connectivity index (χ4n) is 2.97. The summed E-state index contributed by atoms with van der Waals surface area (Å²) in [6.07, 6.45) is 10.1. The lowest BCUT2D eigenvalue weighted by molar-refractivity contribution is -0.113. The third kappa shape index (κ3) is 8.53. The molecule has 1 N–H and O–H groups in total. The number of benzene rings is 1. The van der Waals surface area contributed by atoms with Gasteiger partial charge in [-0.3, -0.25) is 0 Å². The van der Waals surface area contributed by atoms with Gasteiger partial charge in [0.05, 0.1) is 18.3 Å². The largest absolute Gasteiger partial charge is 0.387 e. The minimum absolute atomic E-state index is 0.0733. The molecule has 1 rings (SSSR count). The number of rotatable bonds is 13. The summed E-state index contributed by atoms with van der Waals surface area (Å²) in [5.41, 5.74) is 0.449. The first-order valence-electron chi connectivity index (χ1n) is 9.48. The lowest BCUT2D eigenvalue weighted by Crippen LogP contribution is -2.41. The Morgan fingerprint density at radius 1 is 0.957 bits per heavy atom. The molecule has 0 radical (unpaired) electrons. The van der Waals surface area contributed by atoms with Crippen LogP contribution in [0.4, 0.5) is 0 Å². The third-order valence-electron chi connectivity index (χ3n) is 4.59. The molecule has 0 heterocycles. The molecule has 0 fully saturated rings. The summed E-state index contributed by atoms with van der Waals surface area (Å²) >= 11 is 0. The van der Waals surface area contributed by atoms with E-state index in [1.54, 1.807) is 0 Å². The average molecular weight is 321 g/mol. The Bertz CT molecular complexity index is 386. The van der Waals surface area contributed by atoms with Gasteiger partial charge in [-0.05, 0) is 25.3 Å². The van der Waals surface area contributed by atoms with Gasteiger partial charge in [-0.1, -0.05) is 89.1 Å². The van der Waals surface area contributed by atoms with Crippen molar-refractivity contribution in [3.63, 3.8) is 0 Å². The van der Waals surface area contributed by atoms with Gasteiger partial charge in [0.15, 0.2) is 0 Å². The van der Waals surface area contributed by atoms with Crippen molar-refractivity contribution in [2.45, 2.75) is 96.9 Å². The second-order valence-corrected chi connectivity index (χ2v) is 6.95. The van der Waals surface area contributed by atoms with Crippen molar-refractivity contribution in [3.8, 4) is 0 Å². The van der Waals surface area contributed by atoms with E-state index in [9.17, 15) is 5.11 Å². The van der Waals surface area contributed by atoms with Gasteiger partial charge in [0.1, 0.15) is 0 Å². The van der Waals surface area contributed by atoms with Crippen molar-refractivity contribution in [1.29, 1.82) is 0 Å². The van der Waals surface area contributed by atoms with E-state index in [4.69, 9.17) is 4.74 Å². The monoisotopic (exact) mass is 320 g/mol. The summed E-state index contributed by atoms with van der Waals surface area (Å²) in [7, 11) is 0. The maximum Gasteiger partial charge on any atom is 0.0880 e. The van der Waals surface area contributed by atoms with Gasteiger partial charge in [-0.2, -0.15) is 0 Å². The number of hydrogen-bond acceptors (Lipinski definition) is 2. The number of aliphatic hydroxyl groups is 1. The Hall–Kier alpha value is -0.860. The summed E-state index contributed by atoms with van der Waals surface area (Å²) in [4.78, 5) is 0. The van der Waals surface area contributed by atoms with E-state index in [0.29, 0.717) is 6.61 Å². The highest BCUT2D eigenvalue weighted by molar-refractivity contribution is 5.13. The summed E-state index contributed by atoms with van der Waals surface area (Å²) in [6.45, 7) is 6.94. The molecule has 1 aromatic carbocycles. The van der Waals surface area contributed by atoms with Crippen LogP contribution in [0, 0.1) is 0 Å². The van der Waals surface area contributed by atoms with Crippen LogP contribution in [0.1, 0.15) is 84.1 Å². The Morgan fingerprint density at radius 3 is 2.26 bits per heavy atom. The Balaban J connectivity index is 2.52. The van der Waals surface area contributed by atoms with Gasteiger partial charge < -0.3 is 9.84 Å². The van der Waals surface area contributed by atoms with Gasteiger partial charge in [0.25, 0.3) is 0 Å². The molecular weight excluding hydrogens is 284 g/mol. The first kappa shape index (κ1) is 20.2. The minimum atomic E-state index is -0.727. The molecule has 132 valence electrons. The molecule has 0 bridgehead atoms. The molecule has 0 aliphatic heterocycles. The Morgan fingerprint density at radius 2 is 1.61 bits per heavy atom.